The minimum absolute atomic E-state index is 0.462. The molecule has 100 valence electrons. The summed E-state index contributed by atoms with van der Waals surface area (Å²) in [5, 5.41) is 0.878. The number of carbonyl (C=O) groups is 1. The molecule has 0 radical (unpaired) electrons. The van der Waals surface area contributed by atoms with E-state index in [1.54, 1.807) is 12.1 Å². The third kappa shape index (κ3) is 5.08. The van der Waals surface area contributed by atoms with Gasteiger partial charge in [0.1, 0.15) is 5.60 Å². The molecule has 0 aliphatic heterocycles. The van der Waals surface area contributed by atoms with Gasteiger partial charge in [-0.05, 0) is 44.9 Å². The summed E-state index contributed by atoms with van der Waals surface area (Å²) in [6.45, 7) is 5.44. The molecule has 1 rings (SSSR count). The molecular weight excluding hydrogens is 364 g/mol. The van der Waals surface area contributed by atoms with Crippen molar-refractivity contribution >= 4 is 37.8 Å². The van der Waals surface area contributed by atoms with Gasteiger partial charge in [-0.15, -0.1) is 0 Å². The van der Waals surface area contributed by atoms with E-state index in [9.17, 15) is 4.79 Å². The number of hydrogen-bond donors (Lipinski definition) is 0. The molecule has 0 saturated carbocycles. The summed E-state index contributed by atoms with van der Waals surface area (Å²) in [5.41, 5.74) is 1.09. The summed E-state index contributed by atoms with van der Waals surface area (Å²) >= 11 is 6.82. The first-order chi connectivity index (χ1) is 8.33. The molecule has 0 N–H and O–H groups in total. The molecule has 0 aliphatic carbocycles. The second-order valence-electron chi connectivity index (χ2n) is 4.81. The van der Waals surface area contributed by atoms with Crippen molar-refractivity contribution in [3.8, 4) is 0 Å². The predicted octanol–water partition coefficient (Wildman–Crippen LogP) is 4.27. The number of aryl methyl sites for hydroxylation is 1. The number of carbonyl (C=O) groups excluding carboxylic acids is 1. The molecule has 0 bridgehead atoms. The average molecular weight is 380 g/mol. The summed E-state index contributed by atoms with van der Waals surface area (Å²) in [6.07, 6.45) is 0.897. The molecule has 0 aliphatic rings. The second kappa shape index (κ2) is 6.68. The fraction of sp³-hybridized carbons (Fsp3) is 0.462. The standard InChI is InChI=1S/C13H16Br2O3/c1-13(2,3)18-17-12(16)10-5-4-9(6-7-14)11(15)8-10/h4-5,8H,6-7H2,1-3H3. The molecule has 3 nitrogen and oxygen atoms in total. The van der Waals surface area contributed by atoms with Crippen molar-refractivity contribution in [3.63, 3.8) is 0 Å². The molecule has 0 spiro atoms. The summed E-state index contributed by atoms with van der Waals surface area (Å²) in [4.78, 5) is 21.5. The zero-order valence-electron chi connectivity index (χ0n) is 10.6. The first kappa shape index (κ1) is 15.7. The monoisotopic (exact) mass is 378 g/mol. The Hall–Kier alpha value is -0.390. The van der Waals surface area contributed by atoms with Crippen molar-refractivity contribution < 1.29 is 14.6 Å². The van der Waals surface area contributed by atoms with E-state index < -0.39 is 11.6 Å². The van der Waals surface area contributed by atoms with Gasteiger partial charge in [-0.25, -0.2) is 4.79 Å². The van der Waals surface area contributed by atoms with E-state index in [0.717, 1.165) is 21.8 Å². The lowest BCUT2D eigenvalue weighted by Crippen LogP contribution is -2.22. The van der Waals surface area contributed by atoms with Gasteiger partial charge >= 0.3 is 5.97 Å². The van der Waals surface area contributed by atoms with Crippen LogP contribution in [0.25, 0.3) is 0 Å². The Morgan fingerprint density at radius 1 is 1.33 bits per heavy atom. The Morgan fingerprint density at radius 2 is 2.00 bits per heavy atom. The van der Waals surface area contributed by atoms with Crippen LogP contribution < -0.4 is 0 Å². The number of halogens is 2. The van der Waals surface area contributed by atoms with Crippen LogP contribution in [-0.4, -0.2) is 16.9 Å². The Labute approximate surface area is 124 Å². The lowest BCUT2D eigenvalue weighted by molar-refractivity contribution is -0.301. The number of alkyl halides is 1. The SMILES string of the molecule is CC(C)(C)OOC(=O)c1ccc(CCBr)c(Br)c1. The quantitative estimate of drug-likeness (QED) is 0.445. The van der Waals surface area contributed by atoms with Crippen molar-refractivity contribution in [1.82, 2.24) is 0 Å². The van der Waals surface area contributed by atoms with Crippen LogP contribution >= 0.6 is 31.9 Å². The zero-order valence-corrected chi connectivity index (χ0v) is 13.8. The third-order valence-corrected chi connectivity index (χ3v) is 3.15. The summed E-state index contributed by atoms with van der Waals surface area (Å²) < 4.78 is 0.896. The molecule has 0 aromatic heterocycles. The van der Waals surface area contributed by atoms with Gasteiger partial charge in [0.05, 0.1) is 5.56 Å². The van der Waals surface area contributed by atoms with E-state index in [1.807, 2.05) is 26.8 Å². The van der Waals surface area contributed by atoms with Gasteiger partial charge in [0.15, 0.2) is 0 Å². The average Bonchev–Trinajstić information content (AvgIpc) is 2.28. The van der Waals surface area contributed by atoms with Crippen LogP contribution in [0.2, 0.25) is 0 Å². The van der Waals surface area contributed by atoms with Crippen LogP contribution in [0.1, 0.15) is 36.7 Å². The fourth-order valence-corrected chi connectivity index (χ4v) is 2.19. The number of benzene rings is 1. The van der Waals surface area contributed by atoms with E-state index in [-0.39, 0.29) is 0 Å². The van der Waals surface area contributed by atoms with Crippen LogP contribution in [0.4, 0.5) is 0 Å². The molecule has 5 heteroatoms. The van der Waals surface area contributed by atoms with E-state index in [4.69, 9.17) is 9.78 Å². The molecule has 0 heterocycles. The maximum atomic E-state index is 11.7. The van der Waals surface area contributed by atoms with Gasteiger partial charge in [-0.3, -0.25) is 4.89 Å². The Morgan fingerprint density at radius 3 is 2.50 bits per heavy atom. The van der Waals surface area contributed by atoms with E-state index in [0.29, 0.717) is 5.56 Å². The van der Waals surface area contributed by atoms with Gasteiger partial charge in [-0.2, -0.15) is 4.89 Å². The highest BCUT2D eigenvalue weighted by Crippen LogP contribution is 2.21. The van der Waals surface area contributed by atoms with Gasteiger partial charge in [0, 0.05) is 9.80 Å². The predicted molar refractivity (Wildman–Crippen MR) is 77.9 cm³/mol. The first-order valence-electron chi connectivity index (χ1n) is 5.58. The van der Waals surface area contributed by atoms with Gasteiger partial charge in [-0.1, -0.05) is 37.9 Å². The minimum atomic E-state index is -0.511. The lowest BCUT2D eigenvalue weighted by atomic mass is 10.1. The molecule has 0 unspecified atom stereocenters. The summed E-state index contributed by atoms with van der Waals surface area (Å²) in [6, 6.07) is 5.38. The Balaban J connectivity index is 2.72. The number of rotatable bonds is 4. The van der Waals surface area contributed by atoms with Crippen LogP contribution in [-0.2, 0) is 16.2 Å². The molecule has 0 amide bonds. The van der Waals surface area contributed by atoms with Crippen molar-refractivity contribution in [2.75, 3.05) is 5.33 Å². The Bertz CT molecular complexity index is 425. The smallest absolute Gasteiger partial charge is 0.292 e. The highest BCUT2D eigenvalue weighted by molar-refractivity contribution is 9.10. The lowest BCUT2D eigenvalue weighted by Gasteiger charge is -2.16. The van der Waals surface area contributed by atoms with Crippen LogP contribution in [0.5, 0.6) is 0 Å². The van der Waals surface area contributed by atoms with E-state index in [1.165, 1.54) is 0 Å². The molecule has 1 aromatic carbocycles. The highest BCUT2D eigenvalue weighted by atomic mass is 79.9. The molecule has 0 saturated heterocycles. The van der Waals surface area contributed by atoms with Crippen molar-refractivity contribution in [1.29, 1.82) is 0 Å². The fourth-order valence-electron chi connectivity index (χ4n) is 1.19. The highest BCUT2D eigenvalue weighted by Gasteiger charge is 2.17. The topological polar surface area (TPSA) is 35.5 Å². The van der Waals surface area contributed by atoms with Crippen LogP contribution in [0.15, 0.2) is 22.7 Å². The van der Waals surface area contributed by atoms with E-state index in [2.05, 4.69) is 31.9 Å². The van der Waals surface area contributed by atoms with Crippen molar-refractivity contribution in [2.45, 2.75) is 32.8 Å². The van der Waals surface area contributed by atoms with Crippen molar-refractivity contribution in [2.24, 2.45) is 0 Å². The van der Waals surface area contributed by atoms with Gasteiger partial charge in [0.25, 0.3) is 0 Å². The first-order valence-corrected chi connectivity index (χ1v) is 7.49. The molecule has 0 fully saturated rings. The van der Waals surface area contributed by atoms with Crippen molar-refractivity contribution in [3.05, 3.63) is 33.8 Å². The molecule has 18 heavy (non-hydrogen) atoms. The molecular formula is C13H16Br2O3. The van der Waals surface area contributed by atoms with Crippen LogP contribution in [0, 0.1) is 0 Å². The maximum absolute atomic E-state index is 11.7. The second-order valence-corrected chi connectivity index (χ2v) is 6.46. The number of hydrogen-bond acceptors (Lipinski definition) is 3. The minimum Gasteiger partial charge on any atom is -0.292 e. The van der Waals surface area contributed by atoms with Gasteiger partial charge in [0.2, 0.25) is 0 Å². The summed E-state index contributed by atoms with van der Waals surface area (Å²) in [7, 11) is 0. The Kier molecular flexibility index (Phi) is 5.82. The van der Waals surface area contributed by atoms with Crippen LogP contribution in [0.3, 0.4) is 0 Å². The summed E-state index contributed by atoms with van der Waals surface area (Å²) in [5.74, 6) is -0.490. The normalized spacial score (nSPS) is 11.4. The van der Waals surface area contributed by atoms with E-state index >= 15 is 0 Å². The molecule has 1 aromatic rings. The van der Waals surface area contributed by atoms with Gasteiger partial charge < -0.3 is 0 Å². The zero-order chi connectivity index (χ0) is 13.8. The molecule has 0 atom stereocenters. The maximum Gasteiger partial charge on any atom is 0.373 e. The largest absolute Gasteiger partial charge is 0.373 e. The third-order valence-electron chi connectivity index (χ3n) is 2.02.